The van der Waals surface area contributed by atoms with E-state index in [1.807, 2.05) is 51.1 Å². The van der Waals surface area contributed by atoms with Crippen molar-refractivity contribution in [2.24, 2.45) is 0 Å². The SMILES string of the molecule is CCN(c1cc(-c2ccc(N3CCC(N(C)Cc4ccccc4C4CCC(=O)NC4=O)CC3)cc2)cc(C(=O)NCc2c(C)cc(C)[nH]c2=O)c1C)C1CCOCC1. The molecule has 11 nitrogen and oxygen atoms in total. The lowest BCUT2D eigenvalue weighted by Crippen LogP contribution is -2.43. The molecule has 3 fully saturated rings. The normalized spacial score (nSPS) is 18.0. The zero-order valence-electron chi connectivity index (χ0n) is 34.7. The van der Waals surface area contributed by atoms with Gasteiger partial charge in [0.2, 0.25) is 11.8 Å². The van der Waals surface area contributed by atoms with Gasteiger partial charge in [0, 0.05) is 92.6 Å². The molecule has 3 aliphatic rings. The Labute approximate surface area is 342 Å². The third kappa shape index (κ3) is 9.06. The van der Waals surface area contributed by atoms with Gasteiger partial charge in [-0.2, -0.15) is 0 Å². The molecule has 3 amide bonds. The maximum atomic E-state index is 14.0. The number of hydrogen-bond acceptors (Lipinski definition) is 8. The molecule has 3 saturated heterocycles. The molecule has 58 heavy (non-hydrogen) atoms. The minimum atomic E-state index is -0.291. The molecule has 0 bridgehead atoms. The number of aromatic nitrogens is 1. The van der Waals surface area contributed by atoms with Crippen LogP contribution in [0, 0.1) is 20.8 Å². The number of rotatable bonds is 12. The van der Waals surface area contributed by atoms with Gasteiger partial charge in [-0.05, 0) is 131 Å². The zero-order valence-corrected chi connectivity index (χ0v) is 34.7. The highest BCUT2D eigenvalue weighted by Crippen LogP contribution is 2.35. The lowest BCUT2D eigenvalue weighted by molar-refractivity contribution is -0.134. The van der Waals surface area contributed by atoms with Crippen molar-refractivity contribution in [3.63, 3.8) is 0 Å². The highest BCUT2D eigenvalue weighted by Gasteiger charge is 2.31. The Morgan fingerprint density at radius 3 is 2.29 bits per heavy atom. The fourth-order valence-electron chi connectivity index (χ4n) is 9.22. The van der Waals surface area contributed by atoms with E-state index in [-0.39, 0.29) is 35.7 Å². The molecule has 4 heterocycles. The second-order valence-corrected chi connectivity index (χ2v) is 16.3. The highest BCUT2D eigenvalue weighted by molar-refractivity contribution is 6.01. The second kappa shape index (κ2) is 18.1. The van der Waals surface area contributed by atoms with E-state index in [1.54, 1.807) is 0 Å². The van der Waals surface area contributed by atoms with Crippen LogP contribution in [0.25, 0.3) is 11.1 Å². The fraction of sp³-hybridized carbons (Fsp3) is 0.447. The van der Waals surface area contributed by atoms with Gasteiger partial charge in [0.15, 0.2) is 0 Å². The number of ether oxygens (including phenoxy) is 1. The van der Waals surface area contributed by atoms with Crippen molar-refractivity contribution in [3.8, 4) is 11.1 Å². The lowest BCUT2D eigenvalue weighted by Gasteiger charge is -2.38. The molecule has 0 aliphatic carbocycles. The largest absolute Gasteiger partial charge is 0.381 e. The Morgan fingerprint density at radius 1 is 0.879 bits per heavy atom. The van der Waals surface area contributed by atoms with Crippen molar-refractivity contribution in [1.29, 1.82) is 0 Å². The quantitative estimate of drug-likeness (QED) is 0.139. The van der Waals surface area contributed by atoms with Crippen LogP contribution in [-0.4, -0.2) is 79.6 Å². The van der Waals surface area contributed by atoms with Crippen molar-refractivity contribution < 1.29 is 19.1 Å². The number of nitrogens with zero attached hydrogens (tertiary/aromatic N) is 3. The molecule has 4 aromatic rings. The smallest absolute Gasteiger partial charge is 0.253 e. The number of pyridine rings is 1. The lowest BCUT2D eigenvalue weighted by atomic mass is 9.87. The van der Waals surface area contributed by atoms with Gasteiger partial charge in [0.25, 0.3) is 11.5 Å². The van der Waals surface area contributed by atoms with Crippen molar-refractivity contribution in [2.45, 2.75) is 97.3 Å². The Kier molecular flexibility index (Phi) is 12.8. The summed E-state index contributed by atoms with van der Waals surface area (Å²) < 4.78 is 5.70. The average Bonchev–Trinajstić information content (AvgIpc) is 3.22. The molecule has 0 spiro atoms. The Hall–Kier alpha value is -5.26. The molecule has 3 N–H and O–H groups in total. The summed E-state index contributed by atoms with van der Waals surface area (Å²) in [4.78, 5) is 61.4. The number of H-pyrrole nitrogens is 1. The van der Waals surface area contributed by atoms with Crippen LogP contribution in [0.2, 0.25) is 0 Å². The summed E-state index contributed by atoms with van der Waals surface area (Å²) in [5.74, 6) is -0.877. The van der Waals surface area contributed by atoms with Gasteiger partial charge in [-0.15, -0.1) is 0 Å². The van der Waals surface area contributed by atoms with E-state index in [1.165, 1.54) is 5.69 Å². The highest BCUT2D eigenvalue weighted by atomic mass is 16.5. The number of aromatic amines is 1. The first kappa shape index (κ1) is 40.9. The Balaban J connectivity index is 1.06. The zero-order chi connectivity index (χ0) is 40.9. The number of anilines is 2. The van der Waals surface area contributed by atoms with Crippen molar-refractivity contribution in [3.05, 3.63) is 116 Å². The van der Waals surface area contributed by atoms with Crippen LogP contribution < -0.4 is 26.0 Å². The molecule has 7 rings (SSSR count). The molecule has 3 aliphatic heterocycles. The van der Waals surface area contributed by atoms with Gasteiger partial charge in [0.05, 0.1) is 5.92 Å². The van der Waals surface area contributed by atoms with Gasteiger partial charge in [-0.1, -0.05) is 36.4 Å². The summed E-state index contributed by atoms with van der Waals surface area (Å²) in [6, 6.07) is 23.7. The van der Waals surface area contributed by atoms with Gasteiger partial charge < -0.3 is 24.8 Å². The fourth-order valence-corrected chi connectivity index (χ4v) is 9.22. The molecule has 1 unspecified atom stereocenters. The van der Waals surface area contributed by atoms with Crippen LogP contribution in [0.1, 0.15) is 95.2 Å². The van der Waals surface area contributed by atoms with Crippen LogP contribution in [0.4, 0.5) is 11.4 Å². The van der Waals surface area contributed by atoms with E-state index in [2.05, 4.69) is 80.7 Å². The van der Waals surface area contributed by atoms with Gasteiger partial charge in [-0.25, -0.2) is 0 Å². The van der Waals surface area contributed by atoms with E-state index in [0.29, 0.717) is 36.1 Å². The number of carbonyl (C=O) groups is 3. The molecule has 1 atom stereocenters. The molecule has 0 radical (unpaired) electrons. The molecule has 1 aromatic heterocycles. The summed E-state index contributed by atoms with van der Waals surface area (Å²) in [6.07, 6.45) is 4.83. The maximum Gasteiger partial charge on any atom is 0.253 e. The van der Waals surface area contributed by atoms with E-state index in [0.717, 1.165) is 110 Å². The van der Waals surface area contributed by atoms with Crippen LogP contribution >= 0.6 is 0 Å². The average molecular weight is 787 g/mol. The summed E-state index contributed by atoms with van der Waals surface area (Å²) >= 11 is 0. The number of imide groups is 1. The Morgan fingerprint density at radius 2 is 1.60 bits per heavy atom. The predicted octanol–water partition coefficient (Wildman–Crippen LogP) is 6.52. The first-order chi connectivity index (χ1) is 28.0. The summed E-state index contributed by atoms with van der Waals surface area (Å²) in [5.41, 5.74) is 9.97. The minimum absolute atomic E-state index is 0.146. The molecule has 3 aromatic carbocycles. The third-order valence-corrected chi connectivity index (χ3v) is 12.6. The van der Waals surface area contributed by atoms with Crippen LogP contribution in [0.5, 0.6) is 0 Å². The van der Waals surface area contributed by atoms with Crippen LogP contribution in [0.3, 0.4) is 0 Å². The summed E-state index contributed by atoms with van der Waals surface area (Å²) in [7, 11) is 2.17. The first-order valence-corrected chi connectivity index (χ1v) is 20.9. The van der Waals surface area contributed by atoms with E-state index >= 15 is 0 Å². The third-order valence-electron chi connectivity index (χ3n) is 12.6. The number of aryl methyl sites for hydroxylation is 2. The van der Waals surface area contributed by atoms with Crippen molar-refractivity contribution in [1.82, 2.24) is 20.5 Å². The minimum Gasteiger partial charge on any atom is -0.381 e. The van der Waals surface area contributed by atoms with Crippen molar-refractivity contribution in [2.75, 3.05) is 49.7 Å². The van der Waals surface area contributed by atoms with Crippen LogP contribution in [0.15, 0.2) is 71.5 Å². The molecule has 306 valence electrons. The Bertz CT molecular complexity index is 2180. The number of piperidine rings is 2. The first-order valence-electron chi connectivity index (χ1n) is 20.9. The molecule has 11 heteroatoms. The van der Waals surface area contributed by atoms with Gasteiger partial charge >= 0.3 is 0 Å². The van der Waals surface area contributed by atoms with E-state index in [9.17, 15) is 19.2 Å². The summed E-state index contributed by atoms with van der Waals surface area (Å²) in [6.45, 7) is 13.0. The number of carbonyl (C=O) groups excluding carboxylic acids is 3. The van der Waals surface area contributed by atoms with E-state index < -0.39 is 0 Å². The topological polar surface area (TPSA) is 127 Å². The monoisotopic (exact) mass is 786 g/mol. The summed E-state index contributed by atoms with van der Waals surface area (Å²) in [5, 5.41) is 5.58. The second-order valence-electron chi connectivity index (χ2n) is 16.3. The number of amides is 3. The number of hydrogen-bond donors (Lipinski definition) is 3. The predicted molar refractivity (Wildman–Crippen MR) is 229 cm³/mol. The van der Waals surface area contributed by atoms with Gasteiger partial charge in [0.1, 0.15) is 0 Å². The number of nitrogens with one attached hydrogen (secondary N) is 3. The van der Waals surface area contributed by atoms with Gasteiger partial charge in [-0.3, -0.25) is 29.4 Å². The number of benzene rings is 3. The maximum absolute atomic E-state index is 14.0. The molecular formula is C47H58N6O5. The van der Waals surface area contributed by atoms with Crippen LogP contribution in [-0.2, 0) is 27.4 Å². The van der Waals surface area contributed by atoms with Crippen molar-refractivity contribution >= 4 is 29.1 Å². The molecule has 0 saturated carbocycles. The molecular weight excluding hydrogens is 729 g/mol. The standard InChI is InChI=1S/C47H58N6O5/c1-6-53(38-19-23-58-24-20-38)43-27-35(26-41(32(43)4)45(55)48-28-42-30(2)25-31(3)49-47(42)57)33-11-13-37(14-12-33)52-21-17-36(18-22-52)51(5)29-34-9-7-8-10-39(34)40-15-16-44(54)50-46(40)56/h7-14,25-27,36,38,40H,6,15-24,28-29H2,1-5H3,(H,48,55)(H,49,57)(H,50,54,56). The van der Waals surface area contributed by atoms with E-state index in [4.69, 9.17) is 4.74 Å².